The van der Waals surface area contributed by atoms with Crippen LogP contribution in [-0.2, 0) is 0 Å². The first-order valence-electron chi connectivity index (χ1n) is 8.74. The molecule has 0 radical (unpaired) electrons. The van der Waals surface area contributed by atoms with Gasteiger partial charge < -0.3 is 10.1 Å². The van der Waals surface area contributed by atoms with Gasteiger partial charge in [-0.15, -0.1) is 0 Å². The number of nitrogens with one attached hydrogen (secondary N) is 1. The maximum Gasteiger partial charge on any atom is 0.122 e. The summed E-state index contributed by atoms with van der Waals surface area (Å²) in [6, 6.07) is 9.27. The molecule has 1 aromatic rings. The molecule has 1 aliphatic heterocycles. The standard InChI is InChI=1S/C19H29NO/c1-3-20-19(15-10-8-14(2)9-11-15)17-12-13-21-18-7-5-4-6-16(17)18/h4-7,14-15,17,19-20H,3,8-13H2,1-2H3. The number of hydrogen-bond donors (Lipinski definition) is 1. The molecule has 1 heterocycles. The summed E-state index contributed by atoms with van der Waals surface area (Å²) in [6.45, 7) is 6.58. The van der Waals surface area contributed by atoms with Crippen molar-refractivity contribution in [1.82, 2.24) is 5.32 Å². The van der Waals surface area contributed by atoms with Crippen molar-refractivity contribution in [2.24, 2.45) is 11.8 Å². The minimum atomic E-state index is 0.618. The molecule has 2 unspecified atom stereocenters. The molecule has 116 valence electrons. The smallest absolute Gasteiger partial charge is 0.122 e. The number of para-hydroxylation sites is 1. The highest BCUT2D eigenvalue weighted by molar-refractivity contribution is 5.38. The summed E-state index contributed by atoms with van der Waals surface area (Å²) in [5, 5.41) is 3.82. The third-order valence-electron chi connectivity index (χ3n) is 5.45. The van der Waals surface area contributed by atoms with Gasteiger partial charge in [0.2, 0.25) is 0 Å². The second-order valence-electron chi connectivity index (χ2n) is 6.88. The number of hydrogen-bond acceptors (Lipinski definition) is 2. The summed E-state index contributed by atoms with van der Waals surface area (Å²) >= 11 is 0. The number of ether oxygens (including phenoxy) is 1. The summed E-state index contributed by atoms with van der Waals surface area (Å²) < 4.78 is 5.86. The van der Waals surface area contributed by atoms with Gasteiger partial charge in [-0.3, -0.25) is 0 Å². The molecule has 0 saturated heterocycles. The zero-order chi connectivity index (χ0) is 14.7. The molecule has 2 aliphatic rings. The molecule has 2 nitrogen and oxygen atoms in total. The Morgan fingerprint density at radius 3 is 2.67 bits per heavy atom. The number of rotatable bonds is 4. The van der Waals surface area contributed by atoms with Crippen molar-refractivity contribution in [3.05, 3.63) is 29.8 Å². The number of fused-ring (bicyclic) bond motifs is 1. The molecule has 1 aliphatic carbocycles. The molecule has 1 aromatic carbocycles. The maximum atomic E-state index is 5.86. The largest absolute Gasteiger partial charge is 0.493 e. The van der Waals surface area contributed by atoms with E-state index in [9.17, 15) is 0 Å². The van der Waals surface area contributed by atoms with E-state index in [2.05, 4.69) is 43.4 Å². The average Bonchev–Trinajstić information content (AvgIpc) is 2.53. The van der Waals surface area contributed by atoms with Crippen LogP contribution in [0.4, 0.5) is 0 Å². The van der Waals surface area contributed by atoms with Crippen LogP contribution in [0.5, 0.6) is 5.75 Å². The Morgan fingerprint density at radius 2 is 1.90 bits per heavy atom. The van der Waals surface area contributed by atoms with Crippen LogP contribution >= 0.6 is 0 Å². The number of benzene rings is 1. The van der Waals surface area contributed by atoms with Gasteiger partial charge in [0.25, 0.3) is 0 Å². The summed E-state index contributed by atoms with van der Waals surface area (Å²) in [6.07, 6.45) is 6.73. The Morgan fingerprint density at radius 1 is 1.14 bits per heavy atom. The molecule has 0 amide bonds. The van der Waals surface area contributed by atoms with E-state index in [-0.39, 0.29) is 0 Å². The third kappa shape index (κ3) is 3.26. The highest BCUT2D eigenvalue weighted by Gasteiger charge is 2.34. The second-order valence-corrected chi connectivity index (χ2v) is 6.88. The van der Waals surface area contributed by atoms with Crippen molar-refractivity contribution in [2.45, 2.75) is 57.9 Å². The van der Waals surface area contributed by atoms with E-state index in [1.165, 1.54) is 31.2 Å². The predicted octanol–water partition coefficient (Wildman–Crippen LogP) is 4.36. The van der Waals surface area contributed by atoms with E-state index in [4.69, 9.17) is 4.74 Å². The molecule has 21 heavy (non-hydrogen) atoms. The van der Waals surface area contributed by atoms with Gasteiger partial charge in [0.1, 0.15) is 5.75 Å². The first-order chi connectivity index (χ1) is 10.3. The van der Waals surface area contributed by atoms with Crippen LogP contribution in [-0.4, -0.2) is 19.2 Å². The summed E-state index contributed by atoms with van der Waals surface area (Å²) in [5.74, 6) is 3.48. The molecular weight excluding hydrogens is 258 g/mol. The molecular formula is C19H29NO. The summed E-state index contributed by atoms with van der Waals surface area (Å²) in [4.78, 5) is 0. The van der Waals surface area contributed by atoms with Crippen LogP contribution in [0.15, 0.2) is 24.3 Å². The van der Waals surface area contributed by atoms with Crippen molar-refractivity contribution in [3.8, 4) is 5.75 Å². The summed E-state index contributed by atoms with van der Waals surface area (Å²) in [5.41, 5.74) is 1.42. The molecule has 1 N–H and O–H groups in total. The fraction of sp³-hybridized carbons (Fsp3) is 0.684. The van der Waals surface area contributed by atoms with Gasteiger partial charge >= 0.3 is 0 Å². The Bertz CT molecular complexity index is 451. The van der Waals surface area contributed by atoms with Crippen LogP contribution < -0.4 is 10.1 Å². The molecule has 1 saturated carbocycles. The van der Waals surface area contributed by atoms with Gasteiger partial charge in [0, 0.05) is 12.0 Å². The van der Waals surface area contributed by atoms with E-state index >= 15 is 0 Å². The normalized spacial score (nSPS) is 30.3. The molecule has 1 fully saturated rings. The molecule has 0 spiro atoms. The quantitative estimate of drug-likeness (QED) is 0.888. The van der Waals surface area contributed by atoms with Gasteiger partial charge in [-0.05, 0) is 49.3 Å². The van der Waals surface area contributed by atoms with Crippen molar-refractivity contribution in [1.29, 1.82) is 0 Å². The molecule has 2 atom stereocenters. The fourth-order valence-corrected chi connectivity index (χ4v) is 4.26. The minimum absolute atomic E-state index is 0.618. The lowest BCUT2D eigenvalue weighted by atomic mass is 9.72. The highest BCUT2D eigenvalue weighted by atomic mass is 16.5. The molecule has 0 bridgehead atoms. The van der Waals surface area contributed by atoms with Gasteiger partial charge in [-0.2, -0.15) is 0 Å². The van der Waals surface area contributed by atoms with Crippen LogP contribution in [0, 0.1) is 11.8 Å². The lowest BCUT2D eigenvalue weighted by Gasteiger charge is -2.40. The number of likely N-dealkylation sites (N-methyl/N-ethyl adjacent to an activating group) is 1. The van der Waals surface area contributed by atoms with Crippen molar-refractivity contribution < 1.29 is 4.74 Å². The van der Waals surface area contributed by atoms with Crippen molar-refractivity contribution in [2.75, 3.05) is 13.2 Å². The SMILES string of the molecule is CCNC(C1CCC(C)CC1)C1CCOc2ccccc21. The lowest BCUT2D eigenvalue weighted by Crippen LogP contribution is -2.44. The van der Waals surface area contributed by atoms with E-state index in [1.807, 2.05) is 0 Å². The summed E-state index contributed by atoms with van der Waals surface area (Å²) in [7, 11) is 0. The van der Waals surface area contributed by atoms with Gasteiger partial charge in [-0.1, -0.05) is 44.9 Å². The van der Waals surface area contributed by atoms with Gasteiger partial charge in [-0.25, -0.2) is 0 Å². The van der Waals surface area contributed by atoms with E-state index in [1.54, 1.807) is 0 Å². The first-order valence-corrected chi connectivity index (χ1v) is 8.74. The second kappa shape index (κ2) is 6.83. The molecule has 0 aromatic heterocycles. The van der Waals surface area contributed by atoms with E-state index in [0.717, 1.165) is 37.2 Å². The topological polar surface area (TPSA) is 21.3 Å². The lowest BCUT2D eigenvalue weighted by molar-refractivity contribution is 0.178. The maximum absolute atomic E-state index is 5.86. The fourth-order valence-electron chi connectivity index (χ4n) is 4.26. The Balaban J connectivity index is 1.81. The zero-order valence-corrected chi connectivity index (χ0v) is 13.5. The minimum Gasteiger partial charge on any atom is -0.493 e. The third-order valence-corrected chi connectivity index (χ3v) is 5.45. The first kappa shape index (κ1) is 14.9. The van der Waals surface area contributed by atoms with Crippen LogP contribution in [0.1, 0.15) is 57.4 Å². The Labute approximate surface area is 129 Å². The van der Waals surface area contributed by atoms with Gasteiger partial charge in [0.15, 0.2) is 0 Å². The van der Waals surface area contributed by atoms with E-state index in [0.29, 0.717) is 12.0 Å². The molecule has 2 heteroatoms. The highest BCUT2D eigenvalue weighted by Crippen LogP contribution is 2.41. The molecule has 3 rings (SSSR count). The van der Waals surface area contributed by atoms with Crippen molar-refractivity contribution in [3.63, 3.8) is 0 Å². The van der Waals surface area contributed by atoms with Crippen LogP contribution in [0.3, 0.4) is 0 Å². The van der Waals surface area contributed by atoms with Crippen molar-refractivity contribution >= 4 is 0 Å². The van der Waals surface area contributed by atoms with E-state index < -0.39 is 0 Å². The Kier molecular flexibility index (Phi) is 4.84. The monoisotopic (exact) mass is 287 g/mol. The van der Waals surface area contributed by atoms with Gasteiger partial charge in [0.05, 0.1) is 6.61 Å². The zero-order valence-electron chi connectivity index (χ0n) is 13.5. The average molecular weight is 287 g/mol. The predicted molar refractivity (Wildman–Crippen MR) is 87.9 cm³/mol. The van der Waals surface area contributed by atoms with Crippen LogP contribution in [0.2, 0.25) is 0 Å². The van der Waals surface area contributed by atoms with Crippen LogP contribution in [0.25, 0.3) is 0 Å². The Hall–Kier alpha value is -1.02.